The molecule has 0 saturated carbocycles. The van der Waals surface area contributed by atoms with E-state index >= 15 is 0 Å². The highest BCUT2D eigenvalue weighted by Gasteiger charge is 2.23. The van der Waals surface area contributed by atoms with Crippen LogP contribution in [-0.2, 0) is 20.8 Å². The Morgan fingerprint density at radius 1 is 1.08 bits per heavy atom. The van der Waals surface area contributed by atoms with Crippen molar-refractivity contribution in [2.24, 2.45) is 0 Å². The molecule has 1 aromatic rings. The average molecular weight is 347 g/mol. The minimum atomic E-state index is -0.138. The maximum Gasteiger partial charge on any atom is 0.227 e. The number of nitrogens with one attached hydrogen (secondary N) is 1. The van der Waals surface area contributed by atoms with Gasteiger partial charge in [0.1, 0.15) is 5.75 Å². The van der Waals surface area contributed by atoms with E-state index in [-0.39, 0.29) is 24.1 Å². The second-order valence-electron chi connectivity index (χ2n) is 6.02. The van der Waals surface area contributed by atoms with E-state index in [0.29, 0.717) is 39.1 Å². The van der Waals surface area contributed by atoms with Gasteiger partial charge in [0.2, 0.25) is 17.7 Å². The van der Waals surface area contributed by atoms with E-state index in [4.69, 9.17) is 4.74 Å². The molecule has 1 aliphatic rings. The number of rotatable bonds is 6. The summed E-state index contributed by atoms with van der Waals surface area (Å²) < 4.78 is 5.17. The number of carbonyl (C=O) groups excluding carboxylic acids is 3. The van der Waals surface area contributed by atoms with Crippen LogP contribution in [0.2, 0.25) is 0 Å². The lowest BCUT2D eigenvalue weighted by Gasteiger charge is -2.35. The van der Waals surface area contributed by atoms with Gasteiger partial charge in [0, 0.05) is 46.1 Å². The number of hydrogen-bond acceptors (Lipinski definition) is 4. The highest BCUT2D eigenvalue weighted by molar-refractivity contribution is 5.80. The summed E-state index contributed by atoms with van der Waals surface area (Å²) in [6.45, 7) is 3.91. The van der Waals surface area contributed by atoms with Crippen molar-refractivity contribution in [3.05, 3.63) is 29.8 Å². The minimum absolute atomic E-state index is 0.00800. The van der Waals surface area contributed by atoms with Gasteiger partial charge in [-0.05, 0) is 17.7 Å². The van der Waals surface area contributed by atoms with Crippen molar-refractivity contribution in [3.63, 3.8) is 0 Å². The summed E-state index contributed by atoms with van der Waals surface area (Å²) in [7, 11) is 1.60. The Hall–Kier alpha value is -2.57. The lowest BCUT2D eigenvalue weighted by molar-refractivity contribution is -0.139. The third-order valence-electron chi connectivity index (χ3n) is 4.19. The fourth-order valence-electron chi connectivity index (χ4n) is 2.78. The Labute approximate surface area is 147 Å². The Bertz CT molecular complexity index is 625. The van der Waals surface area contributed by atoms with Gasteiger partial charge < -0.3 is 19.9 Å². The molecule has 1 heterocycles. The molecule has 1 N–H and O–H groups in total. The van der Waals surface area contributed by atoms with Crippen molar-refractivity contribution in [1.29, 1.82) is 0 Å². The first-order valence-electron chi connectivity index (χ1n) is 8.42. The summed E-state index contributed by atoms with van der Waals surface area (Å²) in [4.78, 5) is 38.9. The van der Waals surface area contributed by atoms with E-state index in [1.165, 1.54) is 6.92 Å². The fraction of sp³-hybridized carbons (Fsp3) is 0.500. The molecule has 1 saturated heterocycles. The van der Waals surface area contributed by atoms with Gasteiger partial charge in [-0.2, -0.15) is 0 Å². The summed E-state index contributed by atoms with van der Waals surface area (Å²) >= 11 is 0. The van der Waals surface area contributed by atoms with Crippen LogP contribution >= 0.6 is 0 Å². The molecule has 25 heavy (non-hydrogen) atoms. The van der Waals surface area contributed by atoms with Crippen LogP contribution in [0.1, 0.15) is 18.9 Å². The van der Waals surface area contributed by atoms with Crippen LogP contribution in [0.4, 0.5) is 0 Å². The van der Waals surface area contributed by atoms with Gasteiger partial charge in [0.25, 0.3) is 0 Å². The summed E-state index contributed by atoms with van der Waals surface area (Å²) in [6.07, 6.45) is 0.616. The SMILES string of the molecule is COc1cccc(CC(=O)N2CCN(C(=O)CCNC(C)=O)CC2)c1. The van der Waals surface area contributed by atoms with E-state index < -0.39 is 0 Å². The first-order chi connectivity index (χ1) is 12.0. The number of carbonyl (C=O) groups is 3. The molecule has 0 radical (unpaired) electrons. The predicted octanol–water partition coefficient (Wildman–Crippen LogP) is 0.435. The zero-order valence-electron chi connectivity index (χ0n) is 14.8. The first-order valence-corrected chi connectivity index (χ1v) is 8.42. The quantitative estimate of drug-likeness (QED) is 0.810. The smallest absolute Gasteiger partial charge is 0.227 e. The molecule has 1 fully saturated rings. The summed E-state index contributed by atoms with van der Waals surface area (Å²) in [5, 5.41) is 2.62. The molecule has 136 valence electrons. The molecule has 3 amide bonds. The van der Waals surface area contributed by atoms with E-state index in [1.54, 1.807) is 16.9 Å². The second kappa shape index (κ2) is 9.05. The number of ether oxygens (including phenoxy) is 1. The molecule has 0 aromatic heterocycles. The normalized spacial score (nSPS) is 14.2. The van der Waals surface area contributed by atoms with Crippen molar-refractivity contribution >= 4 is 17.7 Å². The molecule has 2 rings (SSSR count). The molecule has 0 spiro atoms. The van der Waals surface area contributed by atoms with Gasteiger partial charge in [-0.25, -0.2) is 0 Å². The first kappa shape index (κ1) is 18.8. The number of hydrogen-bond donors (Lipinski definition) is 1. The van der Waals surface area contributed by atoms with Gasteiger partial charge in [-0.15, -0.1) is 0 Å². The average Bonchev–Trinajstić information content (AvgIpc) is 2.61. The van der Waals surface area contributed by atoms with Crippen LogP contribution in [0.5, 0.6) is 5.75 Å². The highest BCUT2D eigenvalue weighted by atomic mass is 16.5. The third-order valence-corrected chi connectivity index (χ3v) is 4.19. The topological polar surface area (TPSA) is 79.0 Å². The van der Waals surface area contributed by atoms with Gasteiger partial charge in [0.05, 0.1) is 13.5 Å². The van der Waals surface area contributed by atoms with E-state index in [9.17, 15) is 14.4 Å². The van der Waals surface area contributed by atoms with Gasteiger partial charge in [0.15, 0.2) is 0 Å². The summed E-state index contributed by atoms with van der Waals surface area (Å²) in [6, 6.07) is 7.48. The standard InChI is InChI=1S/C18H25N3O4/c1-14(22)19-7-6-17(23)20-8-10-21(11-9-20)18(24)13-15-4-3-5-16(12-15)25-2/h3-5,12H,6-11,13H2,1-2H3,(H,19,22). The maximum atomic E-state index is 12.4. The van der Waals surface area contributed by atoms with Crippen LogP contribution in [0.25, 0.3) is 0 Å². The number of amides is 3. The van der Waals surface area contributed by atoms with E-state index in [0.717, 1.165) is 11.3 Å². The predicted molar refractivity (Wildman–Crippen MR) is 93.2 cm³/mol. The molecule has 0 bridgehead atoms. The van der Waals surface area contributed by atoms with Crippen LogP contribution in [0.15, 0.2) is 24.3 Å². The molecule has 1 aliphatic heterocycles. The summed E-state index contributed by atoms with van der Waals surface area (Å²) in [5.41, 5.74) is 0.915. The Morgan fingerprint density at radius 3 is 2.32 bits per heavy atom. The Kier molecular flexibility index (Phi) is 6.80. The molecular formula is C18H25N3O4. The fourth-order valence-corrected chi connectivity index (χ4v) is 2.78. The summed E-state index contributed by atoms with van der Waals surface area (Å²) in [5.74, 6) is 0.660. The zero-order valence-corrected chi connectivity index (χ0v) is 14.8. The molecule has 0 unspecified atom stereocenters. The molecule has 0 atom stereocenters. The number of nitrogens with zero attached hydrogens (tertiary/aromatic N) is 2. The Balaban J connectivity index is 1.77. The Morgan fingerprint density at radius 2 is 1.72 bits per heavy atom. The lowest BCUT2D eigenvalue weighted by Crippen LogP contribution is -2.51. The maximum absolute atomic E-state index is 12.4. The number of piperazine rings is 1. The van der Waals surface area contributed by atoms with Crippen molar-refractivity contribution in [3.8, 4) is 5.75 Å². The minimum Gasteiger partial charge on any atom is -0.497 e. The number of methoxy groups -OCH3 is 1. The largest absolute Gasteiger partial charge is 0.497 e. The van der Waals surface area contributed by atoms with Crippen molar-refractivity contribution in [2.45, 2.75) is 19.8 Å². The van der Waals surface area contributed by atoms with Crippen LogP contribution in [0, 0.1) is 0 Å². The third kappa shape index (κ3) is 5.77. The zero-order chi connectivity index (χ0) is 18.2. The van der Waals surface area contributed by atoms with Crippen LogP contribution in [0.3, 0.4) is 0 Å². The van der Waals surface area contributed by atoms with Crippen molar-refractivity contribution in [1.82, 2.24) is 15.1 Å². The molecule has 0 aliphatic carbocycles. The molecular weight excluding hydrogens is 322 g/mol. The highest BCUT2D eigenvalue weighted by Crippen LogP contribution is 2.14. The second-order valence-corrected chi connectivity index (χ2v) is 6.02. The molecule has 7 nitrogen and oxygen atoms in total. The van der Waals surface area contributed by atoms with E-state index in [2.05, 4.69) is 5.32 Å². The monoisotopic (exact) mass is 347 g/mol. The molecule has 7 heteroatoms. The molecule has 1 aromatic carbocycles. The van der Waals surface area contributed by atoms with Crippen molar-refractivity contribution in [2.75, 3.05) is 39.8 Å². The van der Waals surface area contributed by atoms with Gasteiger partial charge in [-0.1, -0.05) is 12.1 Å². The number of benzene rings is 1. The van der Waals surface area contributed by atoms with Gasteiger partial charge in [-0.3, -0.25) is 14.4 Å². The van der Waals surface area contributed by atoms with Crippen LogP contribution < -0.4 is 10.1 Å². The van der Waals surface area contributed by atoms with E-state index in [1.807, 2.05) is 24.3 Å². The van der Waals surface area contributed by atoms with Crippen LogP contribution in [-0.4, -0.2) is 67.4 Å². The lowest BCUT2D eigenvalue weighted by atomic mass is 10.1. The van der Waals surface area contributed by atoms with Crippen molar-refractivity contribution < 1.29 is 19.1 Å². The van der Waals surface area contributed by atoms with Gasteiger partial charge >= 0.3 is 0 Å².